The molecule has 11 heteroatoms. The third kappa shape index (κ3) is 4.42. The smallest absolute Gasteiger partial charge is 0.227 e. The number of primary amides is 1. The van der Waals surface area contributed by atoms with Gasteiger partial charge in [-0.2, -0.15) is 5.10 Å². The standard InChI is InChI=1S/C23H28N6O4S/c24-21(32)13-6-10-28(11-7-13)22(33)16-12-17(30)19(31)18-20(16)34-23(27-18)26-14-2-4-15(5-3-14)29-9-1-8-25-29/h1-5,8-9,13,16-20,30-31H,6-7,10-12H2,(H2,24,32)(H,26,27). The number of likely N-dealkylation sites (tertiary alicyclic amines) is 1. The molecule has 3 aliphatic rings. The van der Waals surface area contributed by atoms with Crippen LogP contribution in [0.1, 0.15) is 19.3 Å². The minimum atomic E-state index is -1.02. The van der Waals surface area contributed by atoms with E-state index in [2.05, 4.69) is 15.4 Å². The lowest BCUT2D eigenvalue weighted by molar-refractivity contribution is -0.142. The molecule has 5 rings (SSSR count). The number of aromatic nitrogens is 2. The van der Waals surface area contributed by atoms with E-state index in [4.69, 9.17) is 5.73 Å². The molecule has 2 aromatic rings. The number of piperidine rings is 1. The summed E-state index contributed by atoms with van der Waals surface area (Å²) in [4.78, 5) is 31.2. The van der Waals surface area contributed by atoms with Crippen LogP contribution in [0.2, 0.25) is 0 Å². The first-order valence-corrected chi connectivity index (χ1v) is 12.3. The van der Waals surface area contributed by atoms with Crippen LogP contribution in [0.5, 0.6) is 0 Å². The molecule has 2 aliphatic heterocycles. The largest absolute Gasteiger partial charge is 0.390 e. The summed E-state index contributed by atoms with van der Waals surface area (Å²) in [7, 11) is 0. The molecule has 0 spiro atoms. The van der Waals surface area contributed by atoms with Crippen LogP contribution < -0.4 is 11.1 Å². The van der Waals surface area contributed by atoms with E-state index in [1.807, 2.05) is 36.5 Å². The summed E-state index contributed by atoms with van der Waals surface area (Å²) < 4.78 is 1.76. The number of aliphatic hydroxyl groups is 2. The molecule has 5 unspecified atom stereocenters. The van der Waals surface area contributed by atoms with Crippen LogP contribution >= 0.6 is 11.8 Å². The molecule has 180 valence electrons. The third-order valence-corrected chi connectivity index (χ3v) is 8.21. The van der Waals surface area contributed by atoms with Crippen LogP contribution in [0.25, 0.3) is 5.69 Å². The summed E-state index contributed by atoms with van der Waals surface area (Å²) in [6.07, 6.45) is 2.83. The number of amidine groups is 1. The molecule has 5 N–H and O–H groups in total. The fourth-order valence-corrected chi connectivity index (χ4v) is 6.32. The number of hydrogen-bond donors (Lipinski definition) is 4. The van der Waals surface area contributed by atoms with Crippen molar-refractivity contribution < 1.29 is 19.8 Å². The van der Waals surface area contributed by atoms with Gasteiger partial charge in [-0.15, -0.1) is 0 Å². The van der Waals surface area contributed by atoms with Gasteiger partial charge < -0.3 is 26.2 Å². The molecular formula is C23H28N6O4S. The molecule has 0 bridgehead atoms. The summed E-state index contributed by atoms with van der Waals surface area (Å²) in [5.41, 5.74) is 7.17. The maximum Gasteiger partial charge on any atom is 0.227 e. The predicted molar refractivity (Wildman–Crippen MR) is 128 cm³/mol. The summed E-state index contributed by atoms with van der Waals surface area (Å²) in [5, 5.41) is 28.9. The zero-order chi connectivity index (χ0) is 23.8. The third-order valence-electron chi connectivity index (χ3n) is 6.90. The molecule has 2 amide bonds. The van der Waals surface area contributed by atoms with E-state index in [-0.39, 0.29) is 29.4 Å². The Kier molecular flexibility index (Phi) is 6.32. The van der Waals surface area contributed by atoms with Gasteiger partial charge in [-0.05, 0) is 49.6 Å². The van der Waals surface area contributed by atoms with E-state index < -0.39 is 24.2 Å². The molecule has 2 fully saturated rings. The van der Waals surface area contributed by atoms with Gasteiger partial charge in [-0.3, -0.25) is 14.6 Å². The maximum absolute atomic E-state index is 13.4. The summed E-state index contributed by atoms with van der Waals surface area (Å²) in [6.45, 7) is 0.941. The van der Waals surface area contributed by atoms with Crippen LogP contribution in [-0.4, -0.2) is 78.5 Å². The van der Waals surface area contributed by atoms with E-state index in [0.717, 1.165) is 11.4 Å². The van der Waals surface area contributed by atoms with Gasteiger partial charge in [0.25, 0.3) is 0 Å². The minimum Gasteiger partial charge on any atom is -0.390 e. The highest BCUT2D eigenvalue weighted by Crippen LogP contribution is 2.42. The van der Waals surface area contributed by atoms with E-state index in [9.17, 15) is 19.8 Å². The van der Waals surface area contributed by atoms with Crippen molar-refractivity contribution in [3.63, 3.8) is 0 Å². The van der Waals surface area contributed by atoms with Gasteiger partial charge in [0, 0.05) is 42.3 Å². The highest BCUT2D eigenvalue weighted by molar-refractivity contribution is 8.15. The Hall–Kier alpha value is -2.89. The number of aliphatic hydroxyl groups excluding tert-OH is 2. The monoisotopic (exact) mass is 484 g/mol. The van der Waals surface area contributed by atoms with Crippen molar-refractivity contribution in [2.24, 2.45) is 22.6 Å². The number of rotatable bonds is 4. The lowest BCUT2D eigenvalue weighted by Crippen LogP contribution is -2.55. The SMILES string of the molecule is NC(=O)C1CCN(C(=O)C2CC(O)C(O)C3N=C(Nc4ccc(-n5cccn5)cc4)SC23)CC1. The molecule has 1 aliphatic carbocycles. The van der Waals surface area contributed by atoms with Gasteiger partial charge >= 0.3 is 0 Å². The number of fused-ring (bicyclic) bond motifs is 1. The number of thioether (sulfide) groups is 1. The number of benzene rings is 1. The first kappa shape index (κ1) is 22.9. The fraction of sp³-hybridized carbons (Fsp3) is 0.478. The molecule has 3 heterocycles. The van der Waals surface area contributed by atoms with E-state index >= 15 is 0 Å². The lowest BCUT2D eigenvalue weighted by Gasteiger charge is -2.40. The minimum absolute atomic E-state index is 0.0589. The van der Waals surface area contributed by atoms with Gasteiger partial charge in [0.05, 0.1) is 23.8 Å². The van der Waals surface area contributed by atoms with Gasteiger partial charge in [0.2, 0.25) is 11.8 Å². The molecular weight excluding hydrogens is 456 g/mol. The van der Waals surface area contributed by atoms with E-state index in [1.54, 1.807) is 15.8 Å². The average Bonchev–Trinajstić information content (AvgIpc) is 3.52. The second-order valence-electron chi connectivity index (χ2n) is 9.03. The Bertz CT molecular complexity index is 1070. The van der Waals surface area contributed by atoms with Crippen molar-refractivity contribution in [3.05, 3.63) is 42.7 Å². The van der Waals surface area contributed by atoms with Crippen LogP contribution in [-0.2, 0) is 9.59 Å². The number of amides is 2. The second kappa shape index (κ2) is 9.40. The molecule has 1 aromatic heterocycles. The topological polar surface area (TPSA) is 146 Å². The molecule has 1 saturated heterocycles. The van der Waals surface area contributed by atoms with Crippen molar-refractivity contribution in [3.8, 4) is 5.69 Å². The number of aliphatic imine (C=N–C) groups is 1. The Morgan fingerprint density at radius 1 is 1.15 bits per heavy atom. The van der Waals surface area contributed by atoms with Crippen LogP contribution in [0, 0.1) is 11.8 Å². The number of nitrogens with two attached hydrogens (primary N) is 1. The Morgan fingerprint density at radius 2 is 1.88 bits per heavy atom. The van der Waals surface area contributed by atoms with Crippen molar-refractivity contribution in [1.82, 2.24) is 14.7 Å². The molecule has 1 aromatic carbocycles. The number of carbonyl (C=O) groups is 2. The number of nitrogens with one attached hydrogen (secondary N) is 1. The van der Waals surface area contributed by atoms with Crippen molar-refractivity contribution >= 4 is 34.4 Å². The van der Waals surface area contributed by atoms with E-state index in [1.165, 1.54) is 11.8 Å². The van der Waals surface area contributed by atoms with Gasteiger partial charge in [-0.1, -0.05) is 11.8 Å². The summed E-state index contributed by atoms with van der Waals surface area (Å²) in [6, 6.07) is 8.98. The Balaban J connectivity index is 1.27. The molecule has 5 atom stereocenters. The lowest BCUT2D eigenvalue weighted by atomic mass is 9.80. The average molecular weight is 485 g/mol. The normalized spacial score (nSPS) is 29.4. The Morgan fingerprint density at radius 3 is 2.53 bits per heavy atom. The fourth-order valence-electron chi connectivity index (χ4n) is 4.95. The highest BCUT2D eigenvalue weighted by atomic mass is 32.2. The summed E-state index contributed by atoms with van der Waals surface area (Å²) in [5.74, 6) is -1.05. The number of carbonyl (C=O) groups excluding carboxylic acids is 2. The van der Waals surface area contributed by atoms with Gasteiger partial charge in [-0.25, -0.2) is 4.68 Å². The zero-order valence-corrected chi connectivity index (χ0v) is 19.3. The van der Waals surface area contributed by atoms with Gasteiger partial charge in [0.1, 0.15) is 6.10 Å². The number of anilines is 1. The second-order valence-corrected chi connectivity index (χ2v) is 10.2. The van der Waals surface area contributed by atoms with E-state index in [0.29, 0.717) is 31.1 Å². The maximum atomic E-state index is 13.4. The Labute approximate surface area is 201 Å². The van der Waals surface area contributed by atoms with Crippen molar-refractivity contribution in [2.45, 2.75) is 42.8 Å². The molecule has 1 saturated carbocycles. The highest BCUT2D eigenvalue weighted by Gasteiger charge is 2.51. The van der Waals surface area contributed by atoms with Crippen LogP contribution in [0.3, 0.4) is 0 Å². The first-order valence-electron chi connectivity index (χ1n) is 11.5. The first-order chi connectivity index (χ1) is 16.4. The van der Waals surface area contributed by atoms with Crippen molar-refractivity contribution in [1.29, 1.82) is 0 Å². The van der Waals surface area contributed by atoms with Gasteiger partial charge in [0.15, 0.2) is 5.17 Å². The van der Waals surface area contributed by atoms with Crippen molar-refractivity contribution in [2.75, 3.05) is 18.4 Å². The number of hydrogen-bond acceptors (Lipinski definition) is 8. The predicted octanol–water partition coefficient (Wildman–Crippen LogP) is 0.590. The van der Waals surface area contributed by atoms with Crippen LogP contribution in [0.15, 0.2) is 47.7 Å². The zero-order valence-electron chi connectivity index (χ0n) is 18.5. The van der Waals surface area contributed by atoms with Crippen LogP contribution in [0.4, 0.5) is 5.69 Å². The number of nitrogens with zero attached hydrogens (tertiary/aromatic N) is 4. The molecule has 34 heavy (non-hydrogen) atoms. The molecule has 10 nitrogen and oxygen atoms in total. The summed E-state index contributed by atoms with van der Waals surface area (Å²) >= 11 is 1.43. The quantitative estimate of drug-likeness (QED) is 0.497. The molecule has 0 radical (unpaired) electrons.